The summed E-state index contributed by atoms with van der Waals surface area (Å²) in [4.78, 5) is 7.47. The summed E-state index contributed by atoms with van der Waals surface area (Å²) in [7, 11) is 1.85. The van der Waals surface area contributed by atoms with Crippen molar-refractivity contribution >= 4 is 29.4 Å². The van der Waals surface area contributed by atoms with E-state index in [0.29, 0.717) is 6.04 Å². The summed E-state index contributed by atoms with van der Waals surface area (Å²) in [6.07, 6.45) is 21.1. The van der Waals surface area contributed by atoms with E-state index >= 15 is 0 Å². The molecule has 3 aliphatic heterocycles. The van der Waals surface area contributed by atoms with Gasteiger partial charge in [0.2, 0.25) is 0 Å². The van der Waals surface area contributed by atoms with E-state index < -0.39 is 0 Å². The molecule has 0 saturated carbocycles. The van der Waals surface area contributed by atoms with Crippen molar-refractivity contribution in [1.82, 2.24) is 10.2 Å². The van der Waals surface area contributed by atoms with Crippen LogP contribution in [0.5, 0.6) is 0 Å². The molecule has 4 nitrogen and oxygen atoms in total. The van der Waals surface area contributed by atoms with Crippen molar-refractivity contribution in [1.29, 1.82) is 0 Å². The number of hydrogen-bond donors (Lipinski definition) is 1. The highest BCUT2D eigenvalue weighted by Crippen LogP contribution is 2.52. The number of hydrogen-bond acceptors (Lipinski definition) is 4. The first-order chi connectivity index (χ1) is 14.7. The maximum Gasteiger partial charge on any atom is 0.149 e. The first kappa shape index (κ1) is 20.8. The van der Waals surface area contributed by atoms with Crippen molar-refractivity contribution in [2.45, 2.75) is 86.6 Å². The average Bonchev–Trinajstić information content (AvgIpc) is 3.33. The lowest BCUT2D eigenvalue weighted by Gasteiger charge is -2.44. The molecule has 2 fully saturated rings. The van der Waals surface area contributed by atoms with Crippen LogP contribution in [-0.2, 0) is 4.74 Å². The molecule has 2 saturated heterocycles. The summed E-state index contributed by atoms with van der Waals surface area (Å²) in [5, 5.41) is 4.43. The molecule has 5 rings (SSSR count). The Morgan fingerprint density at radius 1 is 1.30 bits per heavy atom. The van der Waals surface area contributed by atoms with Crippen molar-refractivity contribution in [3.63, 3.8) is 0 Å². The van der Waals surface area contributed by atoms with E-state index in [0.717, 1.165) is 43.6 Å². The second-order valence-electron chi connectivity index (χ2n) is 9.10. The molecule has 0 amide bonds. The molecule has 30 heavy (non-hydrogen) atoms. The van der Waals surface area contributed by atoms with Gasteiger partial charge >= 0.3 is 0 Å². The highest BCUT2D eigenvalue weighted by molar-refractivity contribution is 6.31. The third-order valence-electron chi connectivity index (χ3n) is 7.69. The monoisotopic (exact) mass is 447 g/mol. The van der Waals surface area contributed by atoms with Crippen LogP contribution in [0.3, 0.4) is 0 Å². The van der Waals surface area contributed by atoms with Gasteiger partial charge in [0.25, 0.3) is 0 Å². The Kier molecular flexibility index (Phi) is 5.87. The lowest BCUT2D eigenvalue weighted by molar-refractivity contribution is -0.0648. The molecule has 6 unspecified atom stereocenters. The Bertz CT molecular complexity index is 832. The average molecular weight is 448 g/mol. The van der Waals surface area contributed by atoms with Gasteiger partial charge in [-0.25, -0.2) is 0 Å². The predicted molar refractivity (Wildman–Crippen MR) is 124 cm³/mol. The van der Waals surface area contributed by atoms with E-state index in [1.54, 1.807) is 0 Å². The van der Waals surface area contributed by atoms with Crippen LogP contribution in [0.25, 0.3) is 0 Å². The molecule has 162 valence electrons. The molecule has 6 atom stereocenters. The summed E-state index contributed by atoms with van der Waals surface area (Å²) < 4.78 is 6.31. The van der Waals surface area contributed by atoms with Gasteiger partial charge < -0.3 is 10.1 Å². The Morgan fingerprint density at radius 3 is 2.93 bits per heavy atom. The van der Waals surface area contributed by atoms with Gasteiger partial charge in [0.15, 0.2) is 0 Å². The fourth-order valence-electron chi connectivity index (χ4n) is 6.38. The Labute approximate surface area is 189 Å². The molecular formula is C24H31Cl2N3O. The molecule has 2 aliphatic carbocycles. The van der Waals surface area contributed by atoms with Gasteiger partial charge in [0.1, 0.15) is 11.8 Å². The summed E-state index contributed by atoms with van der Waals surface area (Å²) in [5.74, 6) is 0. The van der Waals surface area contributed by atoms with Gasteiger partial charge in [0, 0.05) is 30.4 Å². The number of methoxy groups -OCH3 is 1. The van der Waals surface area contributed by atoms with Crippen LogP contribution in [0.4, 0.5) is 0 Å². The molecule has 1 N–H and O–H groups in total. The number of fused-ring (bicyclic) bond motifs is 2. The van der Waals surface area contributed by atoms with Gasteiger partial charge in [-0.1, -0.05) is 23.8 Å². The van der Waals surface area contributed by atoms with E-state index in [1.165, 1.54) is 24.0 Å². The van der Waals surface area contributed by atoms with Crippen LogP contribution in [0.1, 0.15) is 51.4 Å². The normalized spacial score (nSPS) is 39.4. The fourth-order valence-corrected chi connectivity index (χ4v) is 7.03. The quantitative estimate of drug-likeness (QED) is 0.472. The van der Waals surface area contributed by atoms with E-state index in [-0.39, 0.29) is 29.2 Å². The van der Waals surface area contributed by atoms with Crippen LogP contribution < -0.4 is 5.32 Å². The minimum Gasteiger partial charge on any atom is -0.372 e. The highest BCUT2D eigenvalue weighted by Gasteiger charge is 2.62. The van der Waals surface area contributed by atoms with Crippen LogP contribution in [0, 0.1) is 0 Å². The van der Waals surface area contributed by atoms with Crippen molar-refractivity contribution in [3.05, 3.63) is 46.7 Å². The van der Waals surface area contributed by atoms with E-state index in [4.69, 9.17) is 32.9 Å². The highest BCUT2D eigenvalue weighted by atomic mass is 35.5. The number of nitrogens with one attached hydrogen (secondary N) is 1. The molecule has 0 radical (unpaired) electrons. The lowest BCUT2D eigenvalue weighted by Crippen LogP contribution is -2.59. The van der Waals surface area contributed by atoms with Crippen LogP contribution >= 0.6 is 23.2 Å². The van der Waals surface area contributed by atoms with Crippen molar-refractivity contribution in [2.24, 2.45) is 4.99 Å². The Morgan fingerprint density at radius 2 is 2.20 bits per heavy atom. The molecule has 2 bridgehead atoms. The number of aliphatic imine (C=N–C) groups is 1. The van der Waals surface area contributed by atoms with Gasteiger partial charge in [0.05, 0.1) is 11.4 Å². The lowest BCUT2D eigenvalue weighted by atomic mass is 9.81. The number of allylic oxidation sites excluding steroid dienone is 5. The number of rotatable bonds is 5. The minimum atomic E-state index is -0.336. The zero-order valence-corrected chi connectivity index (χ0v) is 19.1. The maximum absolute atomic E-state index is 6.94. The zero-order chi connectivity index (χ0) is 20.7. The molecule has 5 aliphatic rings. The smallest absolute Gasteiger partial charge is 0.149 e. The number of halogens is 2. The number of nitrogens with zero attached hydrogens (tertiary/aromatic N) is 2. The third kappa shape index (κ3) is 3.31. The summed E-state index contributed by atoms with van der Waals surface area (Å²) in [6, 6.07) is 0.911. The molecule has 3 heterocycles. The Balaban J connectivity index is 1.56. The molecule has 0 aromatic heterocycles. The zero-order valence-electron chi connectivity index (χ0n) is 17.6. The van der Waals surface area contributed by atoms with Crippen LogP contribution in [0.15, 0.2) is 51.7 Å². The standard InChI is InChI=1S/C24H31Cl2N3O/c1-30-24(23-27-13-6-14-28-23)15-16-11-12-21(24)29(16)22(17-7-2-4-9-19(17)25)18-8-3-5-10-20(18)26/h4,6,8-9,13-14,16,20-23,27H,2-3,5,7,10-12,15H2,1H3. The van der Waals surface area contributed by atoms with Gasteiger partial charge in [-0.15, -0.1) is 11.6 Å². The summed E-state index contributed by atoms with van der Waals surface area (Å²) in [5.41, 5.74) is 2.36. The number of ether oxygens (including phenoxy) is 1. The number of alkyl halides is 1. The summed E-state index contributed by atoms with van der Waals surface area (Å²) >= 11 is 13.7. The van der Waals surface area contributed by atoms with Crippen LogP contribution in [-0.4, -0.2) is 53.5 Å². The van der Waals surface area contributed by atoms with Gasteiger partial charge in [-0.2, -0.15) is 0 Å². The van der Waals surface area contributed by atoms with Crippen molar-refractivity contribution < 1.29 is 4.74 Å². The third-order valence-corrected chi connectivity index (χ3v) is 8.53. The first-order valence-electron chi connectivity index (χ1n) is 11.3. The fraction of sp³-hybridized carbons (Fsp3) is 0.625. The van der Waals surface area contributed by atoms with Crippen molar-refractivity contribution in [3.8, 4) is 0 Å². The first-order valence-corrected chi connectivity index (χ1v) is 12.1. The Hall–Kier alpha value is -1.07. The second kappa shape index (κ2) is 8.46. The second-order valence-corrected chi connectivity index (χ2v) is 10.0. The molecule has 0 aromatic rings. The topological polar surface area (TPSA) is 36.9 Å². The summed E-state index contributed by atoms with van der Waals surface area (Å²) in [6.45, 7) is 0. The van der Waals surface area contributed by atoms with E-state index in [9.17, 15) is 0 Å². The molecular weight excluding hydrogens is 417 g/mol. The molecule has 0 aromatic carbocycles. The minimum absolute atomic E-state index is 0.0613. The molecule has 6 heteroatoms. The van der Waals surface area contributed by atoms with Crippen LogP contribution in [0.2, 0.25) is 0 Å². The predicted octanol–water partition coefficient (Wildman–Crippen LogP) is 5.05. The SMILES string of the molecule is COC1(C2N=CC=CN2)CC2CCC1N2C(C1=CCCCC1Cl)C1=C(Cl)C=CCC1. The molecule has 0 spiro atoms. The maximum atomic E-state index is 6.94. The largest absolute Gasteiger partial charge is 0.372 e. The van der Waals surface area contributed by atoms with Gasteiger partial charge in [-0.05, 0) is 80.9 Å². The van der Waals surface area contributed by atoms with E-state index in [2.05, 4.69) is 28.4 Å². The van der Waals surface area contributed by atoms with Gasteiger partial charge in [-0.3, -0.25) is 9.89 Å². The van der Waals surface area contributed by atoms with Crippen molar-refractivity contribution in [2.75, 3.05) is 7.11 Å². The van der Waals surface area contributed by atoms with E-state index in [1.807, 2.05) is 25.6 Å².